The third kappa shape index (κ3) is 20.7. The lowest BCUT2D eigenvalue weighted by Gasteiger charge is -2.39. The fourth-order valence-electron chi connectivity index (χ4n) is 9.94. The number of rotatable bonds is 21. The molecule has 6 aromatic carbocycles. The first-order valence-electron chi connectivity index (χ1n) is 29.6. The van der Waals surface area contributed by atoms with Gasteiger partial charge in [-0.05, 0) is 152 Å². The number of hydrazine groups is 2. The van der Waals surface area contributed by atoms with Crippen LogP contribution in [0.5, 0.6) is 34.5 Å². The Morgan fingerprint density at radius 3 is 1.10 bits per heavy atom. The Morgan fingerprint density at radius 1 is 0.514 bits per heavy atom. The quantitative estimate of drug-likeness (QED) is 0.0116. The van der Waals surface area contributed by atoms with Crippen molar-refractivity contribution in [3.05, 3.63) is 279 Å². The third-order valence-electron chi connectivity index (χ3n) is 15.2. The highest BCUT2D eigenvalue weighted by Crippen LogP contribution is 2.50. The van der Waals surface area contributed by atoms with Gasteiger partial charge in [0, 0.05) is 91.6 Å². The number of aromatic nitrogens is 6. The molecule has 107 heavy (non-hydrogen) atoms. The van der Waals surface area contributed by atoms with Crippen molar-refractivity contribution in [3.63, 3.8) is 0 Å². The number of aliphatic hydroxyl groups is 3. The average Bonchev–Trinajstić information content (AvgIpc) is 1.51. The third-order valence-corrected chi connectivity index (χ3v) is 16.0. The standard InChI is InChI=1S/C24H18F4N4O2S.C23H15F4N5O2S.C21H16F4N4O2.CH2O.CH4.I2.HI/c25-16-3-7-19(20(26)11-16)23(33,14-32-22(35)9-10-31-32)24(27,28)21-8-6-18(13-30-21)34-17-4-1-15(12-29)2-5-17;24-15-3-7-18(19(25)9-15)22(33,12-32-21(35)30-13-31-32)23(26,27)20-8-6-17(11-29-20)34-16-4-1-14(10-28)2-5-16;22-14-3-7-17(18(23)9-14)20(30,12-29-27)21(24,25)19-8-6-16(11-28-19)31-15-4-1-13(10-26)2-5-15;1-2;;1-2;/h1-8,11,13,31,33H,9-10,14H2;1-9,11,13,33H,12H2,(H,30,31,35);1-9,11,29-30H,12,27H2;1H2;1H4;;1H. The number of nitrogens with one attached hydrogen (secondary N) is 3. The molecule has 1 fully saturated rings. The Hall–Kier alpha value is -9.33. The highest BCUT2D eigenvalue weighted by molar-refractivity contribution is 15.0. The summed E-state index contributed by atoms with van der Waals surface area (Å²) in [4.78, 5) is 23.1. The topological polar surface area (TPSA) is 302 Å². The number of pyridine rings is 3. The van der Waals surface area contributed by atoms with Gasteiger partial charge in [-0.15, -0.1) is 24.0 Å². The predicted molar refractivity (Wildman–Crippen MR) is 398 cm³/mol. The number of thiocarbonyl (C=S) groups is 1. The molecule has 3 atom stereocenters. The van der Waals surface area contributed by atoms with Gasteiger partial charge in [0.1, 0.15) is 99.6 Å². The SMILES string of the molecule is C.C=O.I.II.N#Cc1ccc(Oc2ccc(C(F)(F)C(O)(CN3NCCC3=S)c3ccc(F)cc3F)nc2)cc1.N#Cc1ccc(Oc2ccc(C(F)(F)C(O)(CNN)c3ccc(F)cc3F)nc2)cc1.N#Cc1ccc(Oc2ccc(C(F)(F)C(O)(Cn3[nH]cnc3=S)c3ccc(F)cc3F)nc2)cc1. The molecule has 0 bridgehead atoms. The lowest BCUT2D eigenvalue weighted by atomic mass is 9.84. The van der Waals surface area contributed by atoms with Crippen LogP contribution in [0.3, 0.4) is 0 Å². The highest BCUT2D eigenvalue weighted by Gasteiger charge is 2.60. The molecule has 10 aromatic rings. The van der Waals surface area contributed by atoms with E-state index in [4.69, 9.17) is 65.1 Å². The van der Waals surface area contributed by atoms with Crippen LogP contribution in [0.2, 0.25) is 0 Å². The van der Waals surface area contributed by atoms with Crippen molar-refractivity contribution in [3.8, 4) is 52.7 Å². The Labute approximate surface area is 652 Å². The summed E-state index contributed by atoms with van der Waals surface area (Å²) in [6, 6.07) is 36.2. The van der Waals surface area contributed by atoms with Gasteiger partial charge >= 0.3 is 17.8 Å². The Kier molecular flexibility index (Phi) is 32.2. The molecule has 0 aliphatic carbocycles. The second-order valence-electron chi connectivity index (χ2n) is 21.8. The van der Waals surface area contributed by atoms with Crippen molar-refractivity contribution in [1.82, 2.24) is 45.6 Å². The van der Waals surface area contributed by atoms with E-state index >= 15 is 26.3 Å². The van der Waals surface area contributed by atoms with Gasteiger partial charge in [-0.3, -0.25) is 41.0 Å². The molecule has 0 saturated carbocycles. The summed E-state index contributed by atoms with van der Waals surface area (Å²) in [6.07, 6.45) is 4.53. The number of ether oxygens (including phenoxy) is 3. The second kappa shape index (κ2) is 39.0. The Morgan fingerprint density at radius 2 is 0.832 bits per heavy atom. The molecule has 560 valence electrons. The van der Waals surface area contributed by atoms with Crippen LogP contribution in [-0.2, 0) is 45.9 Å². The Bertz CT molecular complexity index is 4830. The molecule has 5 heterocycles. The number of carbonyl (C=O) groups is 1. The molecule has 4 aromatic heterocycles. The molecule has 37 heteroatoms. The van der Waals surface area contributed by atoms with Crippen LogP contribution in [0.25, 0.3) is 0 Å². The number of H-pyrrole nitrogens is 1. The van der Waals surface area contributed by atoms with Crippen LogP contribution in [0.1, 0.15) is 64.3 Å². The molecule has 1 aliphatic heterocycles. The number of carbonyl (C=O) groups excluding carboxylic acids is 1. The zero-order valence-corrected chi connectivity index (χ0v) is 62.0. The van der Waals surface area contributed by atoms with Gasteiger partial charge in [0.2, 0.25) is 4.77 Å². The van der Waals surface area contributed by atoms with Gasteiger partial charge in [0.15, 0.2) is 16.8 Å². The number of hydrogen-bond acceptors (Lipinski definition) is 19. The molecule has 1 saturated heterocycles. The van der Waals surface area contributed by atoms with E-state index in [0.717, 1.165) is 89.2 Å². The second-order valence-corrected chi connectivity index (χ2v) is 22.6. The van der Waals surface area contributed by atoms with Crippen molar-refractivity contribution in [1.29, 1.82) is 15.8 Å². The minimum atomic E-state index is -4.18. The van der Waals surface area contributed by atoms with Crippen LogP contribution in [0, 0.1) is 73.7 Å². The number of nitriles is 3. The van der Waals surface area contributed by atoms with Crippen molar-refractivity contribution in [2.24, 2.45) is 5.84 Å². The number of β-amino-alcohol motifs (C(OH)–C–C–N with tert-alkyl or cyclic N) is 1. The number of hydrogen-bond donors (Lipinski definition) is 7. The number of alkyl halides is 6. The van der Waals surface area contributed by atoms with Crippen molar-refractivity contribution in [2.75, 3.05) is 19.6 Å². The maximum atomic E-state index is 15.9. The van der Waals surface area contributed by atoms with E-state index in [-0.39, 0.29) is 58.4 Å². The molecular weight excluding hydrogens is 1810 g/mol. The largest absolute Gasteiger partial charge is 0.456 e. The lowest BCUT2D eigenvalue weighted by Crippen LogP contribution is -2.54. The summed E-state index contributed by atoms with van der Waals surface area (Å²) in [5.74, 6) is -13.0. The van der Waals surface area contributed by atoms with Crippen LogP contribution in [0.15, 0.2) is 189 Å². The van der Waals surface area contributed by atoms with Crippen LogP contribution in [0.4, 0.5) is 52.7 Å². The maximum Gasteiger partial charge on any atom is 0.323 e. The molecule has 3 unspecified atom stereocenters. The molecule has 11 rings (SSSR count). The summed E-state index contributed by atoms with van der Waals surface area (Å²) < 4.78 is 195. The number of nitrogens with two attached hydrogens (primary N) is 1. The summed E-state index contributed by atoms with van der Waals surface area (Å²) >= 11 is 14.3. The predicted octanol–water partition coefficient (Wildman–Crippen LogP) is 15.8. The maximum absolute atomic E-state index is 15.9. The fourth-order valence-corrected chi connectivity index (χ4v) is 10.3. The minimum Gasteiger partial charge on any atom is -0.456 e. The summed E-state index contributed by atoms with van der Waals surface area (Å²) in [5, 5.41) is 63.4. The monoisotopic (exact) mass is 1860 g/mol. The van der Waals surface area contributed by atoms with Crippen molar-refractivity contribution >= 4 is 97.4 Å². The van der Waals surface area contributed by atoms with Crippen LogP contribution < -0.4 is 30.9 Å². The van der Waals surface area contributed by atoms with Gasteiger partial charge < -0.3 is 34.3 Å². The van der Waals surface area contributed by atoms with Gasteiger partial charge in [-0.25, -0.2) is 36.8 Å². The minimum absolute atomic E-state index is 0. The molecule has 0 spiro atoms. The van der Waals surface area contributed by atoms with Gasteiger partial charge in [0.05, 0.1) is 71.6 Å². The summed E-state index contributed by atoms with van der Waals surface area (Å²) in [6.45, 7) is -0.334. The lowest BCUT2D eigenvalue weighted by molar-refractivity contribution is -0.207. The molecule has 0 radical (unpaired) electrons. The van der Waals surface area contributed by atoms with Gasteiger partial charge in [-0.1, -0.05) is 25.7 Å². The van der Waals surface area contributed by atoms with E-state index < -0.39 is 123 Å². The van der Waals surface area contributed by atoms with Gasteiger partial charge in [0.25, 0.3) is 0 Å². The normalized spacial score (nSPS) is 13.3. The smallest absolute Gasteiger partial charge is 0.323 e. The van der Waals surface area contributed by atoms with Crippen LogP contribution in [-0.4, -0.2) is 81.5 Å². The van der Waals surface area contributed by atoms with E-state index in [9.17, 15) is 41.7 Å². The molecule has 8 N–H and O–H groups in total. The van der Waals surface area contributed by atoms with E-state index in [1.165, 1.54) is 91.0 Å². The van der Waals surface area contributed by atoms with E-state index in [2.05, 4.69) is 67.7 Å². The molecular formula is C70H56F12I3N13O7S2. The van der Waals surface area contributed by atoms with E-state index in [1.807, 2.05) is 30.4 Å². The first kappa shape index (κ1) is 88.3. The first-order valence-corrected chi connectivity index (χ1v) is 36.7. The van der Waals surface area contributed by atoms with E-state index in [1.54, 1.807) is 0 Å². The Balaban J connectivity index is 0.000000279. The fraction of sp³-hybridized carbons (Fsp3) is 0.171. The average molecular weight is 1860 g/mol. The zero-order chi connectivity index (χ0) is 77.1. The highest BCUT2D eigenvalue weighted by atomic mass is 128. The molecule has 20 nitrogen and oxygen atoms in total. The number of aromatic amines is 1. The number of halogens is 15. The van der Waals surface area contributed by atoms with Crippen molar-refractivity contribution < 1.29 is 87.0 Å². The summed E-state index contributed by atoms with van der Waals surface area (Å²) in [7, 11) is 0. The van der Waals surface area contributed by atoms with Gasteiger partial charge in [-0.2, -0.15) is 42.1 Å². The first-order chi connectivity index (χ1) is 50.0. The molecule has 1 aliphatic rings. The van der Waals surface area contributed by atoms with Crippen molar-refractivity contribution in [2.45, 2.75) is 55.0 Å². The molecule has 0 amide bonds. The zero-order valence-electron chi connectivity index (χ0n) is 53.7. The number of benzene rings is 6. The van der Waals surface area contributed by atoms with E-state index in [0.29, 0.717) is 65.1 Å². The number of nitrogens with zero attached hydrogens (tertiary/aromatic N) is 9. The summed E-state index contributed by atoms with van der Waals surface area (Å²) in [5.41, 5.74) is -8.79. The van der Waals surface area contributed by atoms with Crippen LogP contribution >= 0.6 is 85.6 Å².